The van der Waals surface area contributed by atoms with Crippen molar-refractivity contribution in [3.05, 3.63) is 0 Å². The van der Waals surface area contributed by atoms with Gasteiger partial charge in [0.05, 0.1) is 13.1 Å². The highest BCUT2D eigenvalue weighted by molar-refractivity contribution is 5.94. The Hall–Kier alpha value is -1.10. The van der Waals surface area contributed by atoms with Crippen molar-refractivity contribution in [3.63, 3.8) is 0 Å². The largest absolute Gasteiger partial charge is 0.335 e. The fourth-order valence-corrected chi connectivity index (χ4v) is 1.99. The van der Waals surface area contributed by atoms with Crippen molar-refractivity contribution >= 4 is 11.9 Å². The summed E-state index contributed by atoms with van der Waals surface area (Å²) in [6.45, 7) is 6.40. The van der Waals surface area contributed by atoms with Gasteiger partial charge in [-0.2, -0.15) is 0 Å². The van der Waals surface area contributed by atoms with Gasteiger partial charge in [-0.3, -0.25) is 10.1 Å². The fourth-order valence-electron chi connectivity index (χ4n) is 1.99. The number of hydrogen-bond acceptors (Lipinski definition) is 2. The minimum absolute atomic E-state index is 0.102. The Labute approximate surface area is 103 Å². The summed E-state index contributed by atoms with van der Waals surface area (Å²) >= 11 is 0. The Morgan fingerprint density at radius 1 is 1.24 bits per heavy atom. The normalized spacial score (nSPS) is 18.5. The molecule has 0 radical (unpaired) electrons. The second-order valence-electron chi connectivity index (χ2n) is 4.82. The van der Waals surface area contributed by atoms with Crippen LogP contribution in [-0.2, 0) is 4.79 Å². The second kappa shape index (κ2) is 7.27. The lowest BCUT2D eigenvalue weighted by Gasteiger charge is -2.22. The first-order chi connectivity index (χ1) is 8.11. The van der Waals surface area contributed by atoms with E-state index in [9.17, 15) is 9.59 Å². The molecule has 3 N–H and O–H groups in total. The number of hydrogen-bond donors (Lipinski definition) is 3. The van der Waals surface area contributed by atoms with Crippen molar-refractivity contribution in [1.82, 2.24) is 10.6 Å². The van der Waals surface area contributed by atoms with Crippen LogP contribution in [-0.4, -0.2) is 37.6 Å². The topological polar surface area (TPSA) is 62.6 Å². The number of amides is 3. The number of imide groups is 1. The van der Waals surface area contributed by atoms with Gasteiger partial charge in [-0.15, -0.1) is 0 Å². The number of carbonyl (C=O) groups is 2. The van der Waals surface area contributed by atoms with Gasteiger partial charge in [0, 0.05) is 6.04 Å². The number of nitrogens with one attached hydrogen (secondary N) is 3. The lowest BCUT2D eigenvalue weighted by Crippen LogP contribution is -3.14. The zero-order valence-corrected chi connectivity index (χ0v) is 10.8. The first-order valence-electron chi connectivity index (χ1n) is 6.55. The van der Waals surface area contributed by atoms with Crippen LogP contribution < -0.4 is 15.5 Å². The van der Waals surface area contributed by atoms with Gasteiger partial charge in [0.1, 0.15) is 0 Å². The average Bonchev–Trinajstić information content (AvgIpc) is 2.29. The summed E-state index contributed by atoms with van der Waals surface area (Å²) in [5, 5.41) is 5.10. The van der Waals surface area contributed by atoms with Crippen molar-refractivity contribution < 1.29 is 14.5 Å². The fraction of sp³-hybridized carbons (Fsp3) is 0.833. The Morgan fingerprint density at radius 3 is 2.47 bits per heavy atom. The summed E-state index contributed by atoms with van der Waals surface area (Å²) < 4.78 is 0. The molecule has 0 spiro atoms. The number of likely N-dealkylation sites (tertiary alicyclic amines) is 1. The standard InChI is InChI=1S/C12H23N3O2/c1-3-10(2)13-12(17)14-11(16)9-15-7-5-4-6-8-15/h10H,3-9H2,1-2H3,(H2,13,14,16,17)/p+1/t10-/m0/s1. The SMILES string of the molecule is CC[C@H](C)NC(=O)NC(=O)C[NH+]1CCCCC1. The van der Waals surface area contributed by atoms with Crippen molar-refractivity contribution in [2.24, 2.45) is 0 Å². The van der Waals surface area contributed by atoms with E-state index in [1.807, 2.05) is 13.8 Å². The van der Waals surface area contributed by atoms with E-state index in [0.29, 0.717) is 6.54 Å². The van der Waals surface area contributed by atoms with Crippen molar-refractivity contribution in [3.8, 4) is 0 Å². The molecule has 1 heterocycles. The molecule has 1 saturated heterocycles. The summed E-state index contributed by atoms with van der Waals surface area (Å²) in [7, 11) is 0. The third kappa shape index (κ3) is 5.68. The van der Waals surface area contributed by atoms with Gasteiger partial charge in [-0.1, -0.05) is 6.92 Å². The molecule has 0 aromatic heterocycles. The van der Waals surface area contributed by atoms with E-state index in [2.05, 4.69) is 10.6 Å². The summed E-state index contributed by atoms with van der Waals surface area (Å²) in [6, 6.07) is -0.272. The lowest BCUT2D eigenvalue weighted by atomic mass is 10.1. The van der Waals surface area contributed by atoms with E-state index >= 15 is 0 Å². The van der Waals surface area contributed by atoms with E-state index < -0.39 is 0 Å². The highest BCUT2D eigenvalue weighted by Gasteiger charge is 2.18. The summed E-state index contributed by atoms with van der Waals surface area (Å²) in [5.74, 6) is -0.178. The first kappa shape index (κ1) is 14.0. The Kier molecular flexibility index (Phi) is 5.97. The molecule has 0 saturated carbocycles. The average molecular weight is 242 g/mol. The molecule has 98 valence electrons. The van der Waals surface area contributed by atoms with E-state index in [1.165, 1.54) is 24.2 Å². The molecule has 0 aromatic carbocycles. The predicted molar refractivity (Wildman–Crippen MR) is 65.8 cm³/mol. The quantitative estimate of drug-likeness (QED) is 0.633. The van der Waals surface area contributed by atoms with Gasteiger partial charge in [0.2, 0.25) is 0 Å². The molecule has 1 atom stereocenters. The number of quaternary nitrogens is 1. The Bertz CT molecular complexity index is 262. The van der Waals surface area contributed by atoms with Crippen molar-refractivity contribution in [2.45, 2.75) is 45.6 Å². The maximum Gasteiger partial charge on any atom is 0.321 e. The maximum absolute atomic E-state index is 11.6. The van der Waals surface area contributed by atoms with E-state index in [-0.39, 0.29) is 18.0 Å². The van der Waals surface area contributed by atoms with Gasteiger partial charge in [0.25, 0.3) is 5.91 Å². The van der Waals surface area contributed by atoms with Gasteiger partial charge < -0.3 is 10.2 Å². The van der Waals surface area contributed by atoms with Gasteiger partial charge in [-0.25, -0.2) is 4.79 Å². The summed E-state index contributed by atoms with van der Waals surface area (Å²) in [6.07, 6.45) is 4.49. The molecule has 1 aliphatic rings. The van der Waals surface area contributed by atoms with Crippen LogP contribution in [0.3, 0.4) is 0 Å². The molecular formula is C12H24N3O2+. The van der Waals surface area contributed by atoms with Crippen LogP contribution >= 0.6 is 0 Å². The number of carbonyl (C=O) groups excluding carboxylic acids is 2. The van der Waals surface area contributed by atoms with E-state index in [1.54, 1.807) is 0 Å². The maximum atomic E-state index is 11.6. The molecule has 5 heteroatoms. The van der Waals surface area contributed by atoms with Crippen LogP contribution in [0.2, 0.25) is 0 Å². The molecular weight excluding hydrogens is 218 g/mol. The lowest BCUT2D eigenvalue weighted by molar-refractivity contribution is -0.896. The van der Waals surface area contributed by atoms with Crippen LogP contribution in [0.25, 0.3) is 0 Å². The van der Waals surface area contributed by atoms with Gasteiger partial charge in [0.15, 0.2) is 6.54 Å². The Balaban J connectivity index is 2.21. The molecule has 0 bridgehead atoms. The second-order valence-corrected chi connectivity index (χ2v) is 4.82. The monoisotopic (exact) mass is 242 g/mol. The zero-order valence-electron chi connectivity index (χ0n) is 10.8. The van der Waals surface area contributed by atoms with E-state index in [0.717, 1.165) is 19.5 Å². The van der Waals surface area contributed by atoms with Crippen LogP contribution in [0.5, 0.6) is 0 Å². The van der Waals surface area contributed by atoms with Gasteiger partial charge in [-0.05, 0) is 32.6 Å². The molecule has 3 amide bonds. The minimum atomic E-state index is -0.374. The number of urea groups is 1. The molecule has 1 rings (SSSR count). The highest BCUT2D eigenvalue weighted by atomic mass is 16.2. The van der Waals surface area contributed by atoms with Crippen molar-refractivity contribution in [2.75, 3.05) is 19.6 Å². The Morgan fingerprint density at radius 2 is 1.88 bits per heavy atom. The van der Waals surface area contributed by atoms with Crippen molar-refractivity contribution in [1.29, 1.82) is 0 Å². The molecule has 0 aliphatic carbocycles. The third-order valence-electron chi connectivity index (χ3n) is 3.21. The molecule has 1 fully saturated rings. The third-order valence-corrected chi connectivity index (χ3v) is 3.21. The molecule has 17 heavy (non-hydrogen) atoms. The van der Waals surface area contributed by atoms with E-state index in [4.69, 9.17) is 0 Å². The molecule has 1 aliphatic heterocycles. The number of piperidine rings is 1. The van der Waals surface area contributed by atoms with Crippen LogP contribution in [0.4, 0.5) is 4.79 Å². The highest BCUT2D eigenvalue weighted by Crippen LogP contribution is 1.94. The predicted octanol–water partition coefficient (Wildman–Crippen LogP) is -0.320. The van der Waals surface area contributed by atoms with Crippen LogP contribution in [0.1, 0.15) is 39.5 Å². The number of rotatable bonds is 4. The molecule has 0 unspecified atom stereocenters. The minimum Gasteiger partial charge on any atom is -0.335 e. The summed E-state index contributed by atoms with van der Waals surface area (Å²) in [4.78, 5) is 24.3. The van der Waals surface area contributed by atoms with Crippen LogP contribution in [0.15, 0.2) is 0 Å². The molecule has 5 nitrogen and oxygen atoms in total. The molecule has 0 aromatic rings. The van der Waals surface area contributed by atoms with Gasteiger partial charge >= 0.3 is 6.03 Å². The zero-order chi connectivity index (χ0) is 12.7. The first-order valence-corrected chi connectivity index (χ1v) is 6.55. The summed E-state index contributed by atoms with van der Waals surface area (Å²) in [5.41, 5.74) is 0. The van der Waals surface area contributed by atoms with Crippen LogP contribution in [0, 0.1) is 0 Å². The smallest absolute Gasteiger partial charge is 0.321 e.